The van der Waals surface area contributed by atoms with Crippen LogP contribution in [0.2, 0.25) is 5.02 Å². The number of fused-ring (bicyclic) bond motifs is 1. The van der Waals surface area contributed by atoms with E-state index in [2.05, 4.69) is 15.1 Å². The van der Waals surface area contributed by atoms with Crippen LogP contribution in [0.4, 0.5) is 10.1 Å². The number of methoxy groups -OCH3 is 1. The number of ether oxygens (including phenoxy) is 2. The Morgan fingerprint density at radius 1 is 1.06 bits per heavy atom. The van der Waals surface area contributed by atoms with Gasteiger partial charge in [0.1, 0.15) is 5.82 Å². The third kappa shape index (κ3) is 6.97. The fourth-order valence-corrected chi connectivity index (χ4v) is 8.63. The van der Waals surface area contributed by atoms with Crippen LogP contribution < -0.4 is 5.32 Å². The SMILES string of the molecule is COC[C@H]1CCCN1C(OC1CCC(C(=O)O)CC1)(C(=O)Cc1cc(Cl)c(NC(=O)c2csc3ccccc23)cc1F)N1CCCC1. The molecule has 3 aliphatic rings. The molecule has 2 saturated heterocycles. The minimum absolute atomic E-state index is 0.0703. The minimum Gasteiger partial charge on any atom is -0.481 e. The van der Waals surface area contributed by atoms with Gasteiger partial charge in [-0.1, -0.05) is 29.8 Å². The van der Waals surface area contributed by atoms with Gasteiger partial charge in [-0.25, -0.2) is 4.39 Å². The third-order valence-corrected chi connectivity index (χ3v) is 11.1. The van der Waals surface area contributed by atoms with Gasteiger partial charge >= 0.3 is 5.97 Å². The van der Waals surface area contributed by atoms with Gasteiger partial charge in [0.2, 0.25) is 5.85 Å². The van der Waals surface area contributed by atoms with E-state index >= 15 is 4.39 Å². The van der Waals surface area contributed by atoms with Gasteiger partial charge in [-0.3, -0.25) is 24.2 Å². The number of anilines is 1. The lowest BCUT2D eigenvalue weighted by atomic mass is 9.87. The Hall–Kier alpha value is -2.93. The van der Waals surface area contributed by atoms with Gasteiger partial charge in [0.15, 0.2) is 5.78 Å². The number of nitrogens with zero attached hydrogens (tertiary/aromatic N) is 2. The van der Waals surface area contributed by atoms with Crippen molar-refractivity contribution in [3.8, 4) is 0 Å². The van der Waals surface area contributed by atoms with E-state index in [1.807, 2.05) is 24.3 Å². The van der Waals surface area contributed by atoms with Crippen molar-refractivity contribution in [3.05, 3.63) is 63.7 Å². The number of aliphatic carboxylic acids is 1. The molecule has 3 fully saturated rings. The molecule has 3 aromatic rings. The fraction of sp³-hybridized carbons (Fsp3) is 0.514. The summed E-state index contributed by atoms with van der Waals surface area (Å²) in [5.41, 5.74) is 0.711. The predicted molar refractivity (Wildman–Crippen MR) is 180 cm³/mol. The number of Topliss-reactive ketones (excluding diaryl/α,β-unsaturated/α-hetero) is 1. The summed E-state index contributed by atoms with van der Waals surface area (Å²) in [6.07, 6.45) is 4.91. The Bertz CT molecular complexity index is 1620. The molecular weight excluding hydrogens is 645 g/mol. The summed E-state index contributed by atoms with van der Waals surface area (Å²) in [7, 11) is 1.64. The maximum absolute atomic E-state index is 15.8. The molecule has 12 heteroatoms. The van der Waals surface area contributed by atoms with Crippen molar-refractivity contribution < 1.29 is 33.4 Å². The number of carbonyl (C=O) groups excluding carboxylic acids is 2. The molecule has 9 nitrogen and oxygen atoms in total. The van der Waals surface area contributed by atoms with E-state index in [0.717, 1.165) is 35.8 Å². The maximum atomic E-state index is 15.8. The van der Waals surface area contributed by atoms with E-state index in [-0.39, 0.29) is 40.6 Å². The number of hydrogen-bond donors (Lipinski definition) is 2. The summed E-state index contributed by atoms with van der Waals surface area (Å²) in [4.78, 5) is 43.8. The molecule has 6 rings (SSSR count). The van der Waals surface area contributed by atoms with Crippen LogP contribution in [-0.4, -0.2) is 83.9 Å². The van der Waals surface area contributed by atoms with Gasteiger partial charge in [0, 0.05) is 54.7 Å². The van der Waals surface area contributed by atoms with E-state index in [9.17, 15) is 19.5 Å². The number of carboxylic acid groups (broad SMARTS) is 1. The van der Waals surface area contributed by atoms with Crippen LogP contribution >= 0.6 is 22.9 Å². The number of carbonyl (C=O) groups is 3. The van der Waals surface area contributed by atoms with Crippen LogP contribution in [0.3, 0.4) is 0 Å². The van der Waals surface area contributed by atoms with Crippen LogP contribution in [0.1, 0.15) is 67.3 Å². The van der Waals surface area contributed by atoms with Gasteiger partial charge in [-0.05, 0) is 75.1 Å². The predicted octanol–water partition coefficient (Wildman–Crippen LogP) is 6.58. The van der Waals surface area contributed by atoms with Crippen LogP contribution in [0, 0.1) is 11.7 Å². The Balaban J connectivity index is 1.29. The maximum Gasteiger partial charge on any atom is 0.306 e. The number of nitrogens with one attached hydrogen (secondary N) is 1. The van der Waals surface area contributed by atoms with Crippen molar-refractivity contribution in [2.75, 3.05) is 38.7 Å². The second-order valence-corrected chi connectivity index (χ2v) is 14.1. The van der Waals surface area contributed by atoms with Crippen molar-refractivity contribution in [1.29, 1.82) is 0 Å². The average molecular weight is 686 g/mol. The summed E-state index contributed by atoms with van der Waals surface area (Å²) in [5.74, 6) is -4.03. The summed E-state index contributed by atoms with van der Waals surface area (Å²) in [6, 6.07) is 10.1. The molecule has 1 aromatic heterocycles. The summed E-state index contributed by atoms with van der Waals surface area (Å²) >= 11 is 8.08. The second-order valence-electron chi connectivity index (χ2n) is 12.8. The average Bonchev–Trinajstić information content (AvgIpc) is 3.85. The lowest BCUT2D eigenvalue weighted by molar-refractivity contribution is -0.261. The number of likely N-dealkylation sites (tertiary alicyclic amines) is 2. The second kappa shape index (κ2) is 14.7. The van der Waals surface area contributed by atoms with Crippen molar-refractivity contribution in [2.45, 2.75) is 75.8 Å². The number of thiophene rings is 1. The molecule has 2 aliphatic heterocycles. The third-order valence-electron chi connectivity index (χ3n) is 9.84. The van der Waals surface area contributed by atoms with E-state index in [4.69, 9.17) is 21.1 Å². The summed E-state index contributed by atoms with van der Waals surface area (Å²) in [6.45, 7) is 2.34. The first-order chi connectivity index (χ1) is 22.7. The highest BCUT2D eigenvalue weighted by atomic mass is 35.5. The number of rotatable bonds is 12. The molecule has 1 aliphatic carbocycles. The first-order valence-corrected chi connectivity index (χ1v) is 17.7. The van der Waals surface area contributed by atoms with Gasteiger partial charge in [0.25, 0.3) is 5.91 Å². The Kier molecular flexibility index (Phi) is 10.6. The number of amides is 1. The molecule has 47 heavy (non-hydrogen) atoms. The van der Waals surface area contributed by atoms with E-state index in [1.165, 1.54) is 23.5 Å². The molecule has 2 N–H and O–H groups in total. The standard InChI is InChI=1S/C35H41ClFN3O6S/c1-45-20-24-7-6-16-40(24)35(39-14-4-5-15-39,46-25-12-10-22(11-13-25)34(43)44)32(41)18-23-17-28(36)30(19-29(23)37)38-33(42)27-21-47-31-9-3-2-8-26(27)31/h2-3,8-9,17,19,21-22,24-25H,4-7,10-16,18,20H2,1H3,(H,38,42)(H,43,44)/t22?,24-,25?,35?/m1/s1. The molecule has 252 valence electrons. The molecule has 0 radical (unpaired) electrons. The zero-order valence-electron chi connectivity index (χ0n) is 26.5. The largest absolute Gasteiger partial charge is 0.481 e. The van der Waals surface area contributed by atoms with E-state index in [0.29, 0.717) is 57.5 Å². The van der Waals surface area contributed by atoms with Crippen LogP contribution in [0.5, 0.6) is 0 Å². The zero-order valence-corrected chi connectivity index (χ0v) is 28.1. The van der Waals surface area contributed by atoms with Gasteiger partial charge in [0.05, 0.1) is 34.9 Å². The molecule has 0 spiro atoms. The lowest BCUT2D eigenvalue weighted by Crippen LogP contribution is -2.69. The van der Waals surface area contributed by atoms with Crippen LogP contribution in [0.15, 0.2) is 41.8 Å². The summed E-state index contributed by atoms with van der Waals surface area (Å²) < 4.78 is 29.3. The smallest absolute Gasteiger partial charge is 0.306 e. The Morgan fingerprint density at radius 2 is 1.81 bits per heavy atom. The minimum atomic E-state index is -1.46. The number of hydrogen-bond acceptors (Lipinski definition) is 8. The summed E-state index contributed by atoms with van der Waals surface area (Å²) in [5, 5.41) is 15.0. The van der Waals surface area contributed by atoms with E-state index < -0.39 is 29.5 Å². The topological polar surface area (TPSA) is 108 Å². The zero-order chi connectivity index (χ0) is 33.1. The molecule has 2 atom stereocenters. The van der Waals surface area contributed by atoms with Crippen molar-refractivity contribution in [3.63, 3.8) is 0 Å². The fourth-order valence-electron chi connectivity index (χ4n) is 7.46. The number of ketones is 1. The van der Waals surface area contributed by atoms with Gasteiger partial charge in [-0.15, -0.1) is 11.3 Å². The molecule has 3 heterocycles. The molecule has 1 unspecified atom stereocenters. The van der Waals surface area contributed by atoms with Crippen LogP contribution in [0.25, 0.3) is 10.1 Å². The van der Waals surface area contributed by atoms with Crippen LogP contribution in [-0.2, 0) is 25.5 Å². The van der Waals surface area contributed by atoms with Crippen molar-refractivity contribution in [2.24, 2.45) is 5.92 Å². The number of carboxylic acids is 1. The first-order valence-electron chi connectivity index (χ1n) is 16.4. The molecular formula is C35H41ClFN3O6S. The highest BCUT2D eigenvalue weighted by Gasteiger charge is 2.55. The highest BCUT2D eigenvalue weighted by Crippen LogP contribution is 2.40. The molecule has 1 amide bonds. The van der Waals surface area contributed by atoms with Crippen molar-refractivity contribution in [1.82, 2.24) is 9.80 Å². The normalized spacial score (nSPS) is 23.6. The first kappa shape index (κ1) is 34.0. The molecule has 0 bridgehead atoms. The number of benzene rings is 2. The molecule has 1 saturated carbocycles. The molecule has 2 aromatic carbocycles. The lowest BCUT2D eigenvalue weighted by Gasteiger charge is -2.50. The Labute approximate surface area is 283 Å². The van der Waals surface area contributed by atoms with E-state index in [1.54, 1.807) is 12.5 Å². The van der Waals surface area contributed by atoms with Gasteiger partial charge < -0.3 is 19.9 Å². The van der Waals surface area contributed by atoms with Gasteiger partial charge in [-0.2, -0.15) is 0 Å². The highest BCUT2D eigenvalue weighted by molar-refractivity contribution is 7.17. The van der Waals surface area contributed by atoms with Crippen molar-refractivity contribution >= 4 is 56.4 Å². The Morgan fingerprint density at radius 3 is 2.53 bits per heavy atom. The monoisotopic (exact) mass is 685 g/mol. The quantitative estimate of drug-likeness (QED) is 0.220. The number of halogens is 2.